The van der Waals surface area contributed by atoms with Gasteiger partial charge in [0.05, 0.1) is 39.9 Å². The summed E-state index contributed by atoms with van der Waals surface area (Å²) in [7, 11) is 3.87. The Kier molecular flexibility index (Phi) is 11.2. The molecule has 6 aromatic rings. The molecule has 0 bridgehead atoms. The highest BCUT2D eigenvalue weighted by Gasteiger charge is 2.41. The Labute approximate surface area is 325 Å². The number of benzene rings is 2. The molecule has 0 fully saturated rings. The van der Waals surface area contributed by atoms with E-state index in [0.717, 1.165) is 39.5 Å². The fourth-order valence-corrected chi connectivity index (χ4v) is 7.59. The van der Waals surface area contributed by atoms with Crippen LogP contribution in [0.4, 0.5) is 5.69 Å². The molecule has 276 valence electrons. The molecule has 2 unspecified atom stereocenters. The zero-order valence-corrected chi connectivity index (χ0v) is 31.8. The lowest BCUT2D eigenvalue weighted by Crippen LogP contribution is -2.46. The molecular formula is C40H35N9O4S2. The van der Waals surface area contributed by atoms with Crippen LogP contribution >= 0.6 is 22.7 Å². The van der Waals surface area contributed by atoms with Crippen molar-refractivity contribution in [2.24, 2.45) is 0 Å². The van der Waals surface area contributed by atoms with Crippen LogP contribution in [0, 0.1) is 22.7 Å². The van der Waals surface area contributed by atoms with Crippen molar-refractivity contribution in [3.63, 3.8) is 0 Å². The molecule has 4 N–H and O–H groups in total. The minimum atomic E-state index is -1.26. The fourth-order valence-electron chi connectivity index (χ4n) is 5.87. The van der Waals surface area contributed by atoms with Gasteiger partial charge in [-0.25, -0.2) is 19.9 Å². The van der Waals surface area contributed by atoms with E-state index in [-0.39, 0.29) is 62.0 Å². The van der Waals surface area contributed by atoms with E-state index in [1.165, 1.54) is 24.5 Å². The number of pyridine rings is 2. The number of rotatable bonds is 12. The van der Waals surface area contributed by atoms with Crippen LogP contribution in [0.15, 0.2) is 89.9 Å². The highest BCUT2D eigenvalue weighted by atomic mass is 32.1. The minimum absolute atomic E-state index is 0.111. The highest BCUT2D eigenvalue weighted by Crippen LogP contribution is 2.40. The van der Waals surface area contributed by atoms with Crippen molar-refractivity contribution in [3.8, 4) is 45.0 Å². The number of hydrogen-bond acceptors (Lipinski definition) is 13. The van der Waals surface area contributed by atoms with Gasteiger partial charge in [-0.2, -0.15) is 10.5 Å². The van der Waals surface area contributed by atoms with Crippen LogP contribution in [-0.4, -0.2) is 56.1 Å². The number of carbonyl (C=O) groups excluding carboxylic acids is 2. The second-order valence-electron chi connectivity index (χ2n) is 13.3. The Bertz CT molecular complexity index is 2430. The number of anilines is 1. The molecule has 0 aliphatic carbocycles. The van der Waals surface area contributed by atoms with Gasteiger partial charge in [0, 0.05) is 61.6 Å². The number of nitriles is 2. The Morgan fingerprint density at radius 1 is 0.800 bits per heavy atom. The number of thiazole rings is 2. The van der Waals surface area contributed by atoms with Gasteiger partial charge in [-0.1, -0.05) is 42.5 Å². The van der Waals surface area contributed by atoms with Crippen molar-refractivity contribution >= 4 is 40.2 Å². The van der Waals surface area contributed by atoms with Crippen molar-refractivity contribution < 1.29 is 19.8 Å². The van der Waals surface area contributed by atoms with Crippen LogP contribution in [0.3, 0.4) is 0 Å². The van der Waals surface area contributed by atoms with E-state index in [2.05, 4.69) is 20.6 Å². The summed E-state index contributed by atoms with van der Waals surface area (Å²) in [6.07, 6.45) is 2.63. The molecule has 13 nitrogen and oxygen atoms in total. The fraction of sp³-hybridized carbons (Fsp3) is 0.200. The third kappa shape index (κ3) is 8.44. The molecular weight excluding hydrogens is 735 g/mol. The second-order valence-corrected chi connectivity index (χ2v) is 15.0. The number of aromatic hydroxyl groups is 2. The van der Waals surface area contributed by atoms with Crippen LogP contribution in [0.1, 0.15) is 59.3 Å². The normalized spacial score (nSPS) is 12.2. The summed E-state index contributed by atoms with van der Waals surface area (Å²) in [6, 6.07) is 23.5. The van der Waals surface area contributed by atoms with Gasteiger partial charge in [0.2, 0.25) is 11.8 Å². The van der Waals surface area contributed by atoms with Crippen molar-refractivity contribution in [3.05, 3.63) is 124 Å². The van der Waals surface area contributed by atoms with Gasteiger partial charge in [-0.05, 0) is 37.1 Å². The van der Waals surface area contributed by atoms with E-state index in [9.17, 15) is 30.3 Å². The van der Waals surface area contributed by atoms with Gasteiger partial charge in [-0.15, -0.1) is 22.7 Å². The van der Waals surface area contributed by atoms with Crippen LogP contribution in [0.25, 0.3) is 21.4 Å². The first-order valence-corrected chi connectivity index (χ1v) is 18.7. The van der Waals surface area contributed by atoms with E-state index < -0.39 is 29.2 Å². The topological polar surface area (TPSA) is 201 Å². The van der Waals surface area contributed by atoms with E-state index in [0.29, 0.717) is 0 Å². The Morgan fingerprint density at radius 2 is 1.31 bits per heavy atom. The average molecular weight is 770 g/mol. The molecule has 15 heteroatoms. The zero-order valence-electron chi connectivity index (χ0n) is 30.2. The number of aromatic nitrogens is 4. The maximum absolute atomic E-state index is 14.8. The summed E-state index contributed by atoms with van der Waals surface area (Å²) >= 11 is 2.23. The smallest absolute Gasteiger partial charge is 0.231 e. The molecule has 6 rings (SSSR count). The molecule has 0 aliphatic rings. The summed E-state index contributed by atoms with van der Waals surface area (Å²) in [5, 5.41) is 50.0. The SMILES string of the molecule is CN(C)c1ccc(CNC(=O)C(c2csc(-c3ncc(C#N)cc3O)n2)C(C(=O)NC(C)(C)c2ccccc2)c2csc(-c3ncc(C#N)cc3O)n2)cc1. The van der Waals surface area contributed by atoms with Crippen molar-refractivity contribution in [1.82, 2.24) is 30.6 Å². The largest absolute Gasteiger partial charge is 0.506 e. The van der Waals surface area contributed by atoms with Crippen molar-refractivity contribution in [2.45, 2.75) is 37.8 Å². The van der Waals surface area contributed by atoms with Crippen molar-refractivity contribution in [2.75, 3.05) is 19.0 Å². The summed E-state index contributed by atoms with van der Waals surface area (Å²) in [6.45, 7) is 3.86. The van der Waals surface area contributed by atoms with Gasteiger partial charge in [0.1, 0.15) is 45.0 Å². The number of carbonyl (C=O) groups is 2. The van der Waals surface area contributed by atoms with Gasteiger partial charge >= 0.3 is 0 Å². The lowest BCUT2D eigenvalue weighted by molar-refractivity contribution is -0.130. The summed E-state index contributed by atoms with van der Waals surface area (Å²) in [4.78, 5) is 49.3. The molecule has 0 saturated heterocycles. The van der Waals surface area contributed by atoms with E-state index >= 15 is 0 Å². The summed E-state index contributed by atoms with van der Waals surface area (Å²) in [5.41, 5.74) is 2.74. The molecule has 0 spiro atoms. The molecule has 0 aliphatic heterocycles. The monoisotopic (exact) mass is 769 g/mol. The van der Waals surface area contributed by atoms with E-state index in [1.807, 2.05) is 99.6 Å². The summed E-state index contributed by atoms with van der Waals surface area (Å²) < 4.78 is 0. The number of nitrogens with zero attached hydrogens (tertiary/aromatic N) is 7. The highest BCUT2D eigenvalue weighted by molar-refractivity contribution is 7.13. The first-order chi connectivity index (χ1) is 26.4. The van der Waals surface area contributed by atoms with Gasteiger partial charge < -0.3 is 25.7 Å². The first kappa shape index (κ1) is 38.1. The summed E-state index contributed by atoms with van der Waals surface area (Å²) in [5.74, 6) is -4.08. The van der Waals surface area contributed by atoms with Crippen molar-refractivity contribution in [1.29, 1.82) is 10.5 Å². The predicted octanol–water partition coefficient (Wildman–Crippen LogP) is 6.18. The molecule has 2 aromatic carbocycles. The van der Waals surface area contributed by atoms with Gasteiger partial charge in [0.15, 0.2) is 0 Å². The number of hydrogen-bond donors (Lipinski definition) is 4. The second kappa shape index (κ2) is 16.1. The van der Waals surface area contributed by atoms with Gasteiger partial charge in [-0.3, -0.25) is 9.59 Å². The minimum Gasteiger partial charge on any atom is -0.506 e. The molecule has 55 heavy (non-hydrogen) atoms. The molecule has 0 saturated carbocycles. The molecule has 4 heterocycles. The maximum Gasteiger partial charge on any atom is 0.231 e. The van der Waals surface area contributed by atoms with Crippen LogP contribution in [0.2, 0.25) is 0 Å². The Morgan fingerprint density at radius 3 is 1.78 bits per heavy atom. The third-order valence-corrected chi connectivity index (χ3v) is 10.6. The number of amides is 2. The average Bonchev–Trinajstić information content (AvgIpc) is 3.86. The van der Waals surface area contributed by atoms with E-state index in [1.54, 1.807) is 10.8 Å². The lowest BCUT2D eigenvalue weighted by Gasteiger charge is -2.31. The molecule has 4 aromatic heterocycles. The lowest BCUT2D eigenvalue weighted by atomic mass is 9.84. The molecule has 2 amide bonds. The quantitative estimate of drug-likeness (QED) is 0.111. The zero-order chi connectivity index (χ0) is 39.3. The van der Waals surface area contributed by atoms with Crippen LogP contribution in [0.5, 0.6) is 11.5 Å². The Balaban J connectivity index is 1.46. The van der Waals surface area contributed by atoms with Crippen LogP contribution in [-0.2, 0) is 21.7 Å². The maximum atomic E-state index is 14.8. The van der Waals surface area contributed by atoms with Gasteiger partial charge in [0.25, 0.3) is 0 Å². The predicted molar refractivity (Wildman–Crippen MR) is 209 cm³/mol. The first-order valence-electron chi connectivity index (χ1n) is 16.9. The third-order valence-electron chi connectivity index (χ3n) is 8.83. The van der Waals surface area contributed by atoms with E-state index in [4.69, 9.17) is 9.97 Å². The number of nitrogens with one attached hydrogen (secondary N) is 2. The van der Waals surface area contributed by atoms with Crippen LogP contribution < -0.4 is 15.5 Å². The molecule has 0 radical (unpaired) electrons. The molecule has 2 atom stereocenters. The Hall–Kier alpha value is -6.68. The standard InChI is InChI=1S/C40H35N9O4S2/c1-40(2,26-8-6-5-7-9-26)48-37(53)33(29-22-55-39(47-29)35-31(51)15-25(17-42)20-44-35)32(36(52)45-18-23-10-12-27(13-11-23)49(3)4)28-21-54-38(46-28)34-30(50)14-24(16-41)19-43-34/h5-15,19-22,32-33,50-51H,18H2,1-4H3,(H,45,52)(H,48,53).